The molecule has 0 saturated carbocycles. The summed E-state index contributed by atoms with van der Waals surface area (Å²) in [5.41, 5.74) is 5.51. The van der Waals surface area contributed by atoms with Gasteiger partial charge in [-0.25, -0.2) is 0 Å². The van der Waals surface area contributed by atoms with Gasteiger partial charge in [0.2, 0.25) is 0 Å². The summed E-state index contributed by atoms with van der Waals surface area (Å²) in [5, 5.41) is 0. The van der Waals surface area contributed by atoms with E-state index in [2.05, 4.69) is 0 Å². The van der Waals surface area contributed by atoms with Crippen LogP contribution >= 0.6 is 0 Å². The fourth-order valence-corrected chi connectivity index (χ4v) is 2.34. The minimum absolute atomic E-state index is 0.167. The minimum atomic E-state index is -0.167. The smallest absolute Gasteiger partial charge is 0.251 e. The predicted molar refractivity (Wildman–Crippen MR) is 57.4 cm³/mol. The third-order valence-electron chi connectivity index (χ3n) is 3.38. The quantitative estimate of drug-likeness (QED) is 0.741. The highest BCUT2D eigenvalue weighted by atomic mass is 16.5. The normalized spacial score (nSPS) is 31.1. The third kappa shape index (κ3) is 2.32. The number of nitrogens with zero attached hydrogens (tertiary/aromatic N) is 1. The Balaban J connectivity index is 1.84. The highest BCUT2D eigenvalue weighted by Crippen LogP contribution is 2.24. The van der Waals surface area contributed by atoms with Crippen LogP contribution < -0.4 is 5.73 Å². The lowest BCUT2D eigenvalue weighted by atomic mass is 9.97. The van der Waals surface area contributed by atoms with Gasteiger partial charge in [0.1, 0.15) is 6.10 Å². The van der Waals surface area contributed by atoms with Crippen molar-refractivity contribution in [3.05, 3.63) is 0 Å². The first-order valence-corrected chi connectivity index (χ1v) is 5.95. The van der Waals surface area contributed by atoms with Crippen LogP contribution in [0.2, 0.25) is 0 Å². The number of hydrogen-bond donors (Lipinski definition) is 1. The molecule has 2 aliphatic rings. The molecule has 2 N–H and O–H groups in total. The molecule has 0 radical (unpaired) electrons. The van der Waals surface area contributed by atoms with E-state index in [1.54, 1.807) is 0 Å². The van der Waals surface area contributed by atoms with E-state index in [1.165, 1.54) is 0 Å². The molecule has 15 heavy (non-hydrogen) atoms. The number of nitrogens with two attached hydrogens (primary N) is 1. The van der Waals surface area contributed by atoms with Crippen molar-refractivity contribution < 1.29 is 9.53 Å². The van der Waals surface area contributed by atoms with Crippen LogP contribution in [0.25, 0.3) is 0 Å². The van der Waals surface area contributed by atoms with Crippen LogP contribution in [0, 0.1) is 0 Å². The van der Waals surface area contributed by atoms with Gasteiger partial charge in [0, 0.05) is 19.2 Å². The number of carbonyl (C=O) groups excluding carboxylic acids is 1. The van der Waals surface area contributed by atoms with Crippen LogP contribution in [0.1, 0.15) is 32.1 Å². The molecule has 4 nitrogen and oxygen atoms in total. The van der Waals surface area contributed by atoms with Gasteiger partial charge >= 0.3 is 0 Å². The van der Waals surface area contributed by atoms with Gasteiger partial charge < -0.3 is 15.4 Å². The first-order valence-electron chi connectivity index (χ1n) is 5.95. The van der Waals surface area contributed by atoms with Crippen LogP contribution in [-0.2, 0) is 9.53 Å². The summed E-state index contributed by atoms with van der Waals surface area (Å²) in [7, 11) is 0. The van der Waals surface area contributed by atoms with Crippen molar-refractivity contribution in [3.63, 3.8) is 0 Å². The molecule has 86 valence electrons. The van der Waals surface area contributed by atoms with Gasteiger partial charge in [-0.05, 0) is 38.6 Å². The molecule has 0 bridgehead atoms. The SMILES string of the molecule is NCCC1CCN1C(=O)C1CCCCO1. The van der Waals surface area contributed by atoms with Crippen LogP contribution in [0.15, 0.2) is 0 Å². The minimum Gasteiger partial charge on any atom is -0.368 e. The maximum atomic E-state index is 12.0. The Morgan fingerprint density at radius 3 is 2.80 bits per heavy atom. The van der Waals surface area contributed by atoms with Crippen molar-refractivity contribution >= 4 is 5.91 Å². The Morgan fingerprint density at radius 2 is 2.27 bits per heavy atom. The standard InChI is InChI=1S/C11H20N2O2/c12-6-4-9-5-7-13(9)11(14)10-3-1-2-8-15-10/h9-10H,1-8,12H2. The number of rotatable bonds is 3. The summed E-state index contributed by atoms with van der Waals surface area (Å²) in [4.78, 5) is 14.0. The molecular weight excluding hydrogens is 192 g/mol. The second-order valence-corrected chi connectivity index (χ2v) is 4.41. The Bertz CT molecular complexity index is 227. The molecule has 2 atom stereocenters. The molecule has 0 spiro atoms. The van der Waals surface area contributed by atoms with E-state index in [9.17, 15) is 4.79 Å². The first-order chi connectivity index (χ1) is 7.33. The zero-order chi connectivity index (χ0) is 10.7. The van der Waals surface area contributed by atoms with Crippen molar-refractivity contribution in [2.24, 2.45) is 5.73 Å². The fourth-order valence-electron chi connectivity index (χ4n) is 2.34. The summed E-state index contributed by atoms with van der Waals surface area (Å²) in [5.74, 6) is 0.194. The maximum Gasteiger partial charge on any atom is 0.251 e. The molecule has 4 heteroatoms. The Morgan fingerprint density at radius 1 is 1.40 bits per heavy atom. The molecule has 2 unspecified atom stereocenters. The van der Waals surface area contributed by atoms with Crippen molar-refractivity contribution in [2.75, 3.05) is 19.7 Å². The molecule has 2 aliphatic heterocycles. The average molecular weight is 212 g/mol. The molecule has 0 aromatic rings. The zero-order valence-electron chi connectivity index (χ0n) is 9.15. The highest BCUT2D eigenvalue weighted by molar-refractivity contribution is 5.82. The summed E-state index contributed by atoms with van der Waals surface area (Å²) in [6, 6.07) is 0.382. The maximum absolute atomic E-state index is 12.0. The summed E-state index contributed by atoms with van der Waals surface area (Å²) < 4.78 is 5.50. The number of amides is 1. The van der Waals surface area contributed by atoms with E-state index in [4.69, 9.17) is 10.5 Å². The predicted octanol–water partition coefficient (Wildman–Crippen LogP) is 0.505. The van der Waals surface area contributed by atoms with Crippen molar-refractivity contribution in [2.45, 2.75) is 44.2 Å². The van der Waals surface area contributed by atoms with Gasteiger partial charge in [0.05, 0.1) is 0 Å². The fraction of sp³-hybridized carbons (Fsp3) is 0.909. The summed E-state index contributed by atoms with van der Waals surface area (Å²) in [6.07, 6.45) is 4.97. The lowest BCUT2D eigenvalue weighted by Crippen LogP contribution is -2.55. The summed E-state index contributed by atoms with van der Waals surface area (Å²) >= 11 is 0. The Hall–Kier alpha value is -0.610. The molecule has 1 amide bonds. The van der Waals surface area contributed by atoms with Crippen LogP contribution in [-0.4, -0.2) is 42.6 Å². The van der Waals surface area contributed by atoms with Gasteiger partial charge in [0.25, 0.3) is 5.91 Å². The van der Waals surface area contributed by atoms with E-state index in [1.807, 2.05) is 4.90 Å². The lowest BCUT2D eigenvalue weighted by molar-refractivity contribution is -0.154. The van der Waals surface area contributed by atoms with Crippen LogP contribution in [0.3, 0.4) is 0 Å². The second kappa shape index (κ2) is 4.94. The van der Waals surface area contributed by atoms with E-state index in [-0.39, 0.29) is 12.0 Å². The molecular formula is C11H20N2O2. The first kappa shape index (κ1) is 10.9. The molecule has 2 fully saturated rings. The van der Waals surface area contributed by atoms with Crippen LogP contribution in [0.4, 0.5) is 0 Å². The molecule has 0 aromatic heterocycles. The number of likely N-dealkylation sites (tertiary alicyclic amines) is 1. The number of ether oxygens (including phenoxy) is 1. The third-order valence-corrected chi connectivity index (χ3v) is 3.38. The van der Waals surface area contributed by atoms with E-state index < -0.39 is 0 Å². The van der Waals surface area contributed by atoms with Crippen molar-refractivity contribution in [3.8, 4) is 0 Å². The average Bonchev–Trinajstić information content (AvgIpc) is 2.25. The van der Waals surface area contributed by atoms with Crippen LogP contribution in [0.5, 0.6) is 0 Å². The molecule has 2 heterocycles. The van der Waals surface area contributed by atoms with E-state index in [0.717, 1.165) is 45.3 Å². The molecule has 2 rings (SSSR count). The zero-order valence-corrected chi connectivity index (χ0v) is 9.15. The van der Waals surface area contributed by atoms with Gasteiger partial charge in [-0.15, -0.1) is 0 Å². The Kier molecular flexibility index (Phi) is 3.59. The van der Waals surface area contributed by atoms with Crippen molar-refractivity contribution in [1.29, 1.82) is 0 Å². The Labute approximate surface area is 90.8 Å². The van der Waals surface area contributed by atoms with E-state index in [0.29, 0.717) is 12.6 Å². The number of hydrogen-bond acceptors (Lipinski definition) is 3. The van der Waals surface area contributed by atoms with Gasteiger partial charge in [0.15, 0.2) is 0 Å². The molecule has 2 saturated heterocycles. The van der Waals surface area contributed by atoms with Gasteiger partial charge in [-0.1, -0.05) is 0 Å². The monoisotopic (exact) mass is 212 g/mol. The molecule has 0 aromatic carbocycles. The topological polar surface area (TPSA) is 55.6 Å². The second-order valence-electron chi connectivity index (χ2n) is 4.41. The molecule has 0 aliphatic carbocycles. The van der Waals surface area contributed by atoms with Gasteiger partial charge in [-0.3, -0.25) is 4.79 Å². The largest absolute Gasteiger partial charge is 0.368 e. The van der Waals surface area contributed by atoms with Gasteiger partial charge in [-0.2, -0.15) is 0 Å². The lowest BCUT2D eigenvalue weighted by Gasteiger charge is -2.43. The summed E-state index contributed by atoms with van der Waals surface area (Å²) in [6.45, 7) is 2.30. The highest BCUT2D eigenvalue weighted by Gasteiger charge is 2.36. The van der Waals surface area contributed by atoms with Crippen molar-refractivity contribution in [1.82, 2.24) is 4.90 Å². The number of carbonyl (C=O) groups is 1. The van der Waals surface area contributed by atoms with E-state index >= 15 is 0 Å².